The zero-order chi connectivity index (χ0) is 11.1. The smallest absolute Gasteiger partial charge is 0.129 e. The van der Waals surface area contributed by atoms with Crippen molar-refractivity contribution in [3.05, 3.63) is 18.1 Å². The number of aromatic nitrogens is 2. The third-order valence-electron chi connectivity index (χ3n) is 2.41. The Morgan fingerprint density at radius 1 is 1.40 bits per heavy atom. The quantitative estimate of drug-likeness (QED) is 0.728. The van der Waals surface area contributed by atoms with Crippen LogP contribution in [0.1, 0.15) is 45.4 Å². The molecule has 3 nitrogen and oxygen atoms in total. The Labute approximate surface area is 92.3 Å². The highest BCUT2D eigenvalue weighted by Crippen LogP contribution is 2.09. The second-order valence-corrected chi connectivity index (χ2v) is 4.03. The summed E-state index contributed by atoms with van der Waals surface area (Å²) in [5.41, 5.74) is 0. The number of rotatable bonds is 6. The zero-order valence-electron chi connectivity index (χ0n) is 9.95. The highest BCUT2D eigenvalue weighted by Gasteiger charge is 2.02. The molecule has 0 aliphatic rings. The average molecular weight is 207 g/mol. The van der Waals surface area contributed by atoms with Crippen molar-refractivity contribution in [3.63, 3.8) is 0 Å². The van der Waals surface area contributed by atoms with E-state index in [0.717, 1.165) is 11.6 Å². The number of nitrogens with zero attached hydrogens (tertiary/aromatic N) is 2. The summed E-state index contributed by atoms with van der Waals surface area (Å²) in [6.07, 6.45) is 6.88. The highest BCUT2D eigenvalue weighted by molar-refractivity contribution is 5.33. The van der Waals surface area contributed by atoms with Crippen LogP contribution in [0.5, 0.6) is 0 Å². The molecule has 0 amide bonds. The molecule has 0 aromatic carbocycles. The standard InChI is InChI=1S/C12H21N3/c1-4-5-6-7-10(2)14-12-8-9-13-11(3)15-12/h8-10H,4-7H2,1-3H3,(H,13,14,15). The summed E-state index contributed by atoms with van der Waals surface area (Å²) in [6.45, 7) is 6.34. The summed E-state index contributed by atoms with van der Waals surface area (Å²) in [5, 5.41) is 3.39. The Bertz CT molecular complexity index is 286. The van der Waals surface area contributed by atoms with Crippen molar-refractivity contribution in [2.75, 3.05) is 5.32 Å². The van der Waals surface area contributed by atoms with Gasteiger partial charge < -0.3 is 5.32 Å². The van der Waals surface area contributed by atoms with Gasteiger partial charge in [-0.05, 0) is 26.3 Å². The SMILES string of the molecule is CCCCCC(C)Nc1ccnc(C)n1. The molecular formula is C12H21N3. The predicted molar refractivity (Wildman–Crippen MR) is 64.0 cm³/mol. The van der Waals surface area contributed by atoms with E-state index < -0.39 is 0 Å². The number of anilines is 1. The molecule has 1 heterocycles. The van der Waals surface area contributed by atoms with Crippen molar-refractivity contribution in [1.82, 2.24) is 9.97 Å². The fourth-order valence-electron chi connectivity index (χ4n) is 1.56. The van der Waals surface area contributed by atoms with Crippen molar-refractivity contribution in [2.45, 2.75) is 52.5 Å². The molecule has 0 fully saturated rings. The Balaban J connectivity index is 2.34. The molecule has 1 N–H and O–H groups in total. The molecule has 0 saturated heterocycles. The van der Waals surface area contributed by atoms with Crippen LogP contribution in [0, 0.1) is 6.92 Å². The fourth-order valence-corrected chi connectivity index (χ4v) is 1.56. The average Bonchev–Trinajstić information content (AvgIpc) is 2.18. The molecule has 84 valence electrons. The summed E-state index contributed by atoms with van der Waals surface area (Å²) >= 11 is 0. The van der Waals surface area contributed by atoms with Gasteiger partial charge in [-0.15, -0.1) is 0 Å². The van der Waals surface area contributed by atoms with Gasteiger partial charge in [-0.25, -0.2) is 9.97 Å². The molecule has 1 unspecified atom stereocenters. The van der Waals surface area contributed by atoms with Gasteiger partial charge in [-0.2, -0.15) is 0 Å². The van der Waals surface area contributed by atoms with Crippen LogP contribution in [0.2, 0.25) is 0 Å². The van der Waals surface area contributed by atoms with Gasteiger partial charge in [0.05, 0.1) is 0 Å². The summed E-state index contributed by atoms with van der Waals surface area (Å²) in [5.74, 6) is 1.76. The molecule has 3 heteroatoms. The Morgan fingerprint density at radius 3 is 2.87 bits per heavy atom. The van der Waals surface area contributed by atoms with E-state index in [1.807, 2.05) is 13.0 Å². The number of hydrogen-bond acceptors (Lipinski definition) is 3. The summed E-state index contributed by atoms with van der Waals surface area (Å²) in [6, 6.07) is 2.41. The van der Waals surface area contributed by atoms with E-state index in [9.17, 15) is 0 Å². The van der Waals surface area contributed by atoms with Crippen molar-refractivity contribution in [2.24, 2.45) is 0 Å². The molecule has 0 spiro atoms. The maximum atomic E-state index is 4.32. The van der Waals surface area contributed by atoms with Gasteiger partial charge in [0.15, 0.2) is 0 Å². The topological polar surface area (TPSA) is 37.8 Å². The first kappa shape index (κ1) is 12.0. The molecule has 1 rings (SSSR count). The molecule has 15 heavy (non-hydrogen) atoms. The monoisotopic (exact) mass is 207 g/mol. The van der Waals surface area contributed by atoms with Crippen LogP contribution in [0.3, 0.4) is 0 Å². The van der Waals surface area contributed by atoms with Crippen LogP contribution in [0.4, 0.5) is 5.82 Å². The van der Waals surface area contributed by atoms with Crippen molar-refractivity contribution < 1.29 is 0 Å². The second-order valence-electron chi connectivity index (χ2n) is 4.03. The van der Waals surface area contributed by atoms with Crippen molar-refractivity contribution in [3.8, 4) is 0 Å². The summed E-state index contributed by atoms with van der Waals surface area (Å²) < 4.78 is 0. The lowest BCUT2D eigenvalue weighted by atomic mass is 10.1. The van der Waals surface area contributed by atoms with Crippen LogP contribution >= 0.6 is 0 Å². The van der Waals surface area contributed by atoms with E-state index in [4.69, 9.17) is 0 Å². The molecule has 0 bridgehead atoms. The lowest BCUT2D eigenvalue weighted by molar-refractivity contribution is 0.613. The minimum atomic E-state index is 0.492. The maximum Gasteiger partial charge on any atom is 0.129 e. The van der Waals surface area contributed by atoms with Gasteiger partial charge in [0.25, 0.3) is 0 Å². The molecule has 1 atom stereocenters. The molecular weight excluding hydrogens is 186 g/mol. The first-order valence-electron chi connectivity index (χ1n) is 5.78. The van der Waals surface area contributed by atoms with E-state index in [0.29, 0.717) is 6.04 Å². The molecule has 0 saturated carbocycles. The van der Waals surface area contributed by atoms with E-state index in [1.165, 1.54) is 25.7 Å². The summed E-state index contributed by atoms with van der Waals surface area (Å²) in [7, 11) is 0. The largest absolute Gasteiger partial charge is 0.368 e. The van der Waals surface area contributed by atoms with Gasteiger partial charge in [0, 0.05) is 12.2 Å². The number of hydrogen-bond donors (Lipinski definition) is 1. The van der Waals surface area contributed by atoms with E-state index >= 15 is 0 Å². The third-order valence-corrected chi connectivity index (χ3v) is 2.41. The third kappa shape index (κ3) is 4.77. The first-order chi connectivity index (χ1) is 7.22. The predicted octanol–water partition coefficient (Wildman–Crippen LogP) is 3.17. The number of aryl methyl sites for hydroxylation is 1. The number of unbranched alkanes of at least 4 members (excludes halogenated alkanes) is 2. The summed E-state index contributed by atoms with van der Waals surface area (Å²) in [4.78, 5) is 8.39. The van der Waals surface area contributed by atoms with Crippen LogP contribution < -0.4 is 5.32 Å². The maximum absolute atomic E-state index is 4.32. The van der Waals surface area contributed by atoms with E-state index in [1.54, 1.807) is 6.20 Å². The Morgan fingerprint density at radius 2 is 2.20 bits per heavy atom. The van der Waals surface area contributed by atoms with Gasteiger partial charge in [-0.3, -0.25) is 0 Å². The molecule has 1 aromatic rings. The number of nitrogens with one attached hydrogen (secondary N) is 1. The van der Waals surface area contributed by atoms with Gasteiger partial charge >= 0.3 is 0 Å². The van der Waals surface area contributed by atoms with Crippen LogP contribution in [0.15, 0.2) is 12.3 Å². The van der Waals surface area contributed by atoms with Crippen molar-refractivity contribution >= 4 is 5.82 Å². The fraction of sp³-hybridized carbons (Fsp3) is 0.667. The molecule has 1 aromatic heterocycles. The van der Waals surface area contributed by atoms with Gasteiger partial charge in [-0.1, -0.05) is 26.2 Å². The van der Waals surface area contributed by atoms with E-state index in [-0.39, 0.29) is 0 Å². The second kappa shape index (κ2) is 6.38. The lowest BCUT2D eigenvalue weighted by Crippen LogP contribution is -2.16. The lowest BCUT2D eigenvalue weighted by Gasteiger charge is -2.14. The zero-order valence-corrected chi connectivity index (χ0v) is 9.95. The molecule has 0 aliphatic carbocycles. The normalized spacial score (nSPS) is 12.5. The van der Waals surface area contributed by atoms with Gasteiger partial charge in [0.2, 0.25) is 0 Å². The van der Waals surface area contributed by atoms with Crippen molar-refractivity contribution in [1.29, 1.82) is 0 Å². The minimum Gasteiger partial charge on any atom is -0.368 e. The van der Waals surface area contributed by atoms with Crippen LogP contribution in [-0.4, -0.2) is 16.0 Å². The Kier molecular flexibility index (Phi) is 5.08. The first-order valence-corrected chi connectivity index (χ1v) is 5.78. The molecule has 0 radical (unpaired) electrons. The Hall–Kier alpha value is -1.12. The van der Waals surface area contributed by atoms with Crippen LogP contribution in [0.25, 0.3) is 0 Å². The molecule has 0 aliphatic heterocycles. The van der Waals surface area contributed by atoms with E-state index in [2.05, 4.69) is 29.1 Å². The van der Waals surface area contributed by atoms with Crippen LogP contribution in [-0.2, 0) is 0 Å². The highest BCUT2D eigenvalue weighted by atomic mass is 15.0. The van der Waals surface area contributed by atoms with Gasteiger partial charge in [0.1, 0.15) is 11.6 Å². The minimum absolute atomic E-state index is 0.492.